The van der Waals surface area contributed by atoms with E-state index in [1.165, 1.54) is 7.11 Å². The number of halogens is 12. The van der Waals surface area contributed by atoms with Gasteiger partial charge in [-0.3, -0.25) is 0 Å². The Morgan fingerprint density at radius 1 is 0.333 bits per heavy atom. The zero-order valence-electron chi connectivity index (χ0n) is 49.1. The van der Waals surface area contributed by atoms with Gasteiger partial charge in [-0.1, -0.05) is 243 Å². The third-order valence-electron chi connectivity index (χ3n) is 15.9. The molecule has 1 fully saturated rings. The molecule has 11 rings (SSSR count). The molecule has 1 aliphatic heterocycles. The Kier molecular flexibility index (Phi) is 19.7. The maximum absolute atomic E-state index is 15.2. The molecular weight excluding hydrogens is 1260 g/mol. The lowest BCUT2D eigenvalue weighted by Crippen LogP contribution is -2.52. The van der Waals surface area contributed by atoms with Gasteiger partial charge in [-0.25, -0.2) is 0 Å². The van der Waals surface area contributed by atoms with Crippen LogP contribution in [0.5, 0.6) is 0 Å². The van der Waals surface area contributed by atoms with E-state index in [1.54, 1.807) is 206 Å². The van der Waals surface area contributed by atoms with E-state index in [9.17, 15) is 0 Å². The first-order chi connectivity index (χ1) is 44.5. The molecule has 0 aromatic heterocycles. The van der Waals surface area contributed by atoms with Gasteiger partial charge in [0.1, 0.15) is 36.1 Å². The van der Waals surface area contributed by atoms with Gasteiger partial charge in [-0.05, 0) is 69.8 Å². The molecule has 1 aliphatic rings. The van der Waals surface area contributed by atoms with Gasteiger partial charge in [0.2, 0.25) is 5.79 Å². The Bertz CT molecular complexity index is 3670. The van der Waals surface area contributed by atoms with Gasteiger partial charge >= 0.3 is 24.7 Å². The van der Waals surface area contributed by atoms with Crippen molar-refractivity contribution in [3.8, 4) is 0 Å². The number of methoxy groups -OCH3 is 1. The van der Waals surface area contributed by atoms with Crippen LogP contribution < -0.4 is 21.2 Å². The molecular formula is C73H56F12O6P2. The van der Waals surface area contributed by atoms with Crippen molar-refractivity contribution in [2.75, 3.05) is 20.3 Å². The van der Waals surface area contributed by atoms with Crippen LogP contribution in [-0.4, -0.2) is 44.4 Å². The molecule has 0 amide bonds. The Labute approximate surface area is 531 Å². The van der Waals surface area contributed by atoms with E-state index in [-0.39, 0.29) is 36.4 Å². The molecule has 478 valence electrons. The summed E-state index contributed by atoms with van der Waals surface area (Å²) in [5.74, 6) is -2.40. The topological polar surface area (TPSA) is 55.4 Å². The van der Waals surface area contributed by atoms with Crippen LogP contribution >= 0.6 is 16.3 Å². The molecule has 0 bridgehead atoms. The summed E-state index contributed by atoms with van der Waals surface area (Å²) >= 11 is 0. The van der Waals surface area contributed by atoms with Crippen LogP contribution in [0.1, 0.15) is 55.6 Å². The lowest BCUT2D eigenvalue weighted by molar-refractivity contribution is -0.276. The molecule has 10 aromatic rings. The summed E-state index contributed by atoms with van der Waals surface area (Å²) in [4.78, 5) is 0. The van der Waals surface area contributed by atoms with Crippen LogP contribution in [0.4, 0.5) is 52.7 Å². The maximum Gasteiger partial charge on any atom is 0.416 e. The highest BCUT2D eigenvalue weighted by Gasteiger charge is 2.61. The third kappa shape index (κ3) is 14.3. The summed E-state index contributed by atoms with van der Waals surface area (Å²) < 4.78 is 226. The second-order valence-electron chi connectivity index (χ2n) is 21.7. The summed E-state index contributed by atoms with van der Waals surface area (Å²) in [7, 11) is -4.75. The van der Waals surface area contributed by atoms with Gasteiger partial charge < -0.3 is 28.0 Å². The van der Waals surface area contributed by atoms with Crippen molar-refractivity contribution in [2.45, 2.75) is 60.0 Å². The van der Waals surface area contributed by atoms with Gasteiger partial charge in [0.15, 0.2) is 0 Å². The highest BCUT2D eigenvalue weighted by Crippen LogP contribution is 2.54. The molecule has 93 heavy (non-hydrogen) atoms. The van der Waals surface area contributed by atoms with Gasteiger partial charge in [0, 0.05) is 28.3 Å². The lowest BCUT2D eigenvalue weighted by atomic mass is 9.80. The zero-order valence-corrected chi connectivity index (χ0v) is 50.9. The minimum absolute atomic E-state index is 0.208. The zero-order chi connectivity index (χ0) is 65.7. The fraction of sp³-hybridized carbons (Fsp3) is 0.178. The van der Waals surface area contributed by atoms with E-state index >= 15 is 52.7 Å². The minimum atomic E-state index is -5.57. The number of alkyl halides is 12. The van der Waals surface area contributed by atoms with Crippen molar-refractivity contribution in [1.29, 1.82) is 0 Å². The molecule has 0 unspecified atom stereocenters. The Morgan fingerprint density at radius 2 is 0.602 bits per heavy atom. The second kappa shape index (κ2) is 27.5. The highest BCUT2D eigenvalue weighted by molar-refractivity contribution is 7.69. The van der Waals surface area contributed by atoms with Crippen LogP contribution in [-0.2, 0) is 63.9 Å². The van der Waals surface area contributed by atoms with Crippen LogP contribution in [0.25, 0.3) is 0 Å². The van der Waals surface area contributed by atoms with Crippen molar-refractivity contribution in [3.05, 3.63) is 335 Å². The molecule has 4 atom stereocenters. The van der Waals surface area contributed by atoms with E-state index in [2.05, 4.69) is 0 Å². The smallest absolute Gasteiger partial charge is 0.358 e. The van der Waals surface area contributed by atoms with E-state index in [4.69, 9.17) is 28.0 Å². The number of hydrogen-bond donors (Lipinski definition) is 0. The first-order valence-electron chi connectivity index (χ1n) is 29.0. The summed E-state index contributed by atoms with van der Waals surface area (Å²) in [6.45, 7) is -1.40. The molecule has 20 heteroatoms. The fourth-order valence-corrected chi connectivity index (χ4v) is 15.5. The van der Waals surface area contributed by atoms with Crippen molar-refractivity contribution in [2.24, 2.45) is 0 Å². The van der Waals surface area contributed by atoms with Crippen molar-refractivity contribution in [1.82, 2.24) is 0 Å². The highest BCUT2D eigenvalue weighted by atomic mass is 31.1. The number of hydrogen-bond acceptors (Lipinski definition) is 6. The minimum Gasteiger partial charge on any atom is -0.358 e. The van der Waals surface area contributed by atoms with Crippen LogP contribution in [0.15, 0.2) is 279 Å². The molecule has 6 nitrogen and oxygen atoms in total. The third-order valence-corrected chi connectivity index (χ3v) is 19.8. The van der Waals surface area contributed by atoms with Crippen LogP contribution in [0, 0.1) is 0 Å². The first-order valence-corrected chi connectivity index (χ1v) is 31.5. The van der Waals surface area contributed by atoms with E-state index < -0.39 is 122 Å². The summed E-state index contributed by atoms with van der Waals surface area (Å²) in [6.07, 6.45) is -27.9. The normalized spacial score (nSPS) is 17.5. The van der Waals surface area contributed by atoms with Crippen molar-refractivity contribution >= 4 is 37.5 Å². The largest absolute Gasteiger partial charge is 0.416 e. The van der Waals surface area contributed by atoms with Gasteiger partial charge in [-0.2, -0.15) is 52.7 Å². The predicted octanol–water partition coefficient (Wildman–Crippen LogP) is 17.7. The fourth-order valence-electron chi connectivity index (χ4n) is 11.5. The quantitative estimate of drug-likeness (QED) is 0.0406. The number of benzene rings is 10. The standard InChI is InChI=1S/C73H56F12O6P2/c1-86-67(49-88-69(53-32-16-5-17-33-53,54-34-18-6-19-35-54)55-36-20-7-21-37-55)66(91-92(60-38-22-8-23-39-60)61-40-24-9-25-41-61)65(64(89-67)48-87-68(50-26-10-2-11-27-50,51-28-12-3-13-29-51)52-30-14-4-15-31-52)90-93(62-44-56(70(74,75)76)42-57(45-62)71(77,78)79)63-46-58(72(80,81)82)43-59(47-63)73(83,84)85/h2-47,64-66H,48-49H2,1H3/t64-,65-,66+,67+/m1/s1. The summed E-state index contributed by atoms with van der Waals surface area (Å²) in [5, 5.41) is -1.12. The predicted molar refractivity (Wildman–Crippen MR) is 333 cm³/mol. The average molecular weight is 1320 g/mol. The monoisotopic (exact) mass is 1320 g/mol. The Hall–Kier alpha value is -8.02. The SMILES string of the molecule is CO[C@@]1(COC(c2ccccc2)(c2ccccc2)c2ccccc2)O[C@H](COC(c2ccccc2)(c2ccccc2)c2ccccc2)[C@@H](OP(c2cc(C(F)(F)F)cc(C(F)(F)F)c2)c2cc(C(F)(F)F)cc(C(F)(F)F)c2)[C@@H]1OP(c1ccccc1)c1ccccc1. The molecule has 10 aromatic carbocycles. The molecule has 1 saturated heterocycles. The van der Waals surface area contributed by atoms with E-state index in [0.29, 0.717) is 44.0 Å². The maximum atomic E-state index is 15.2. The molecule has 1 heterocycles. The second-order valence-corrected chi connectivity index (χ2v) is 25.4. The van der Waals surface area contributed by atoms with Crippen LogP contribution in [0.2, 0.25) is 0 Å². The first kappa shape index (κ1) is 66.4. The van der Waals surface area contributed by atoms with Crippen LogP contribution in [0.3, 0.4) is 0 Å². The Morgan fingerprint density at radius 3 is 0.882 bits per heavy atom. The van der Waals surface area contributed by atoms with Crippen molar-refractivity contribution in [3.63, 3.8) is 0 Å². The number of ether oxygens (including phenoxy) is 4. The molecule has 0 N–H and O–H groups in total. The average Bonchev–Trinajstić information content (AvgIpc) is 1.73. The van der Waals surface area contributed by atoms with E-state index in [0.717, 1.165) is 0 Å². The van der Waals surface area contributed by atoms with Crippen molar-refractivity contribution < 1.29 is 80.7 Å². The molecule has 0 saturated carbocycles. The lowest BCUT2D eigenvalue weighted by Gasteiger charge is -2.41. The van der Waals surface area contributed by atoms with Gasteiger partial charge in [0.05, 0.1) is 45.2 Å². The van der Waals surface area contributed by atoms with E-state index in [1.807, 2.05) is 36.4 Å². The summed E-state index contributed by atoms with van der Waals surface area (Å²) in [6, 6.07) is 71.6. The molecule has 0 spiro atoms. The summed E-state index contributed by atoms with van der Waals surface area (Å²) in [5.41, 5.74) is -7.64. The molecule has 0 radical (unpaired) electrons. The van der Waals surface area contributed by atoms with Gasteiger partial charge in [0.25, 0.3) is 0 Å². The van der Waals surface area contributed by atoms with Gasteiger partial charge in [-0.15, -0.1) is 0 Å². The number of rotatable bonds is 21. The molecule has 0 aliphatic carbocycles. The Balaban J connectivity index is 1.21.